The largest absolute Gasteiger partial charge is 0.381 e. The summed E-state index contributed by atoms with van der Waals surface area (Å²) in [4.78, 5) is 19.3. The van der Waals surface area contributed by atoms with Crippen molar-refractivity contribution in [3.8, 4) is 17.5 Å². The third-order valence-corrected chi connectivity index (χ3v) is 6.24. The molecule has 5 rings (SSSR count). The quantitative estimate of drug-likeness (QED) is 0.645. The summed E-state index contributed by atoms with van der Waals surface area (Å²) in [5.41, 5.74) is 3.12. The summed E-state index contributed by atoms with van der Waals surface area (Å²) in [5.74, 6) is 2.83. The number of nitrogens with zero attached hydrogens (tertiary/aromatic N) is 7. The van der Waals surface area contributed by atoms with E-state index in [4.69, 9.17) is 19.7 Å². The predicted octanol–water partition coefficient (Wildman–Crippen LogP) is 2.46. The number of rotatable bonds is 4. The highest BCUT2D eigenvalue weighted by atomic mass is 16.5. The van der Waals surface area contributed by atoms with Gasteiger partial charge >= 0.3 is 0 Å². The topological polar surface area (TPSA) is 83.1 Å². The Morgan fingerprint density at radius 1 is 1.13 bits per heavy atom. The number of piperazine rings is 1. The summed E-state index contributed by atoms with van der Waals surface area (Å²) in [6.07, 6.45) is 1.02. The Balaban J connectivity index is 1.69. The molecule has 1 atom stereocenters. The van der Waals surface area contributed by atoms with Crippen LogP contribution in [-0.4, -0.2) is 70.9 Å². The predicted molar refractivity (Wildman–Crippen MR) is 119 cm³/mol. The molecule has 8 heteroatoms. The molecule has 3 aromatic rings. The minimum Gasteiger partial charge on any atom is -0.381 e. The minimum absolute atomic E-state index is 0.410. The number of likely N-dealkylation sites (N-methyl/N-ethyl adjacent to an activating group) is 1. The molecule has 0 bridgehead atoms. The zero-order valence-corrected chi connectivity index (χ0v) is 18.1. The molecule has 0 saturated carbocycles. The van der Waals surface area contributed by atoms with Crippen LogP contribution in [0.3, 0.4) is 0 Å². The lowest BCUT2D eigenvalue weighted by atomic mass is 10.1. The maximum absolute atomic E-state index is 9.71. The molecule has 160 valence electrons. The summed E-state index contributed by atoms with van der Waals surface area (Å²) in [5, 5.41) is 9.71. The normalized spacial score (nSPS) is 19.8. The summed E-state index contributed by atoms with van der Waals surface area (Å²) in [6, 6.07) is 9.98. The fourth-order valence-corrected chi connectivity index (χ4v) is 4.47. The van der Waals surface area contributed by atoms with Crippen LogP contribution >= 0.6 is 0 Å². The second-order valence-corrected chi connectivity index (χ2v) is 8.49. The number of aryl methyl sites for hydroxylation is 1. The van der Waals surface area contributed by atoms with Gasteiger partial charge in [-0.05, 0) is 32.5 Å². The van der Waals surface area contributed by atoms with E-state index < -0.39 is 0 Å². The van der Waals surface area contributed by atoms with E-state index in [1.165, 1.54) is 0 Å². The van der Waals surface area contributed by atoms with Crippen molar-refractivity contribution < 1.29 is 4.74 Å². The van der Waals surface area contributed by atoms with Crippen LogP contribution in [0.2, 0.25) is 0 Å². The number of hydrogen-bond donors (Lipinski definition) is 0. The summed E-state index contributed by atoms with van der Waals surface area (Å²) >= 11 is 0. The van der Waals surface area contributed by atoms with Crippen molar-refractivity contribution in [2.24, 2.45) is 5.92 Å². The Kier molecular flexibility index (Phi) is 5.30. The standard InChI is InChI=1S/C23H27N7O/c1-16-25-22(29-10-8-28(2)9-11-29)20-23(26-16)30(14-17-7-12-31-15-17)21(27-20)19-6-4-3-5-18(19)13-24/h3-6,17H,7-12,14-15H2,1-2H3. The van der Waals surface area contributed by atoms with E-state index in [9.17, 15) is 5.26 Å². The number of ether oxygens (including phenoxy) is 1. The van der Waals surface area contributed by atoms with Gasteiger partial charge in [0.2, 0.25) is 0 Å². The van der Waals surface area contributed by atoms with Gasteiger partial charge in [0, 0.05) is 50.8 Å². The molecular formula is C23H27N7O. The van der Waals surface area contributed by atoms with Gasteiger partial charge in [0.25, 0.3) is 0 Å². The van der Waals surface area contributed by atoms with Gasteiger partial charge in [-0.3, -0.25) is 0 Å². The summed E-state index contributed by atoms with van der Waals surface area (Å²) in [7, 11) is 2.15. The first-order valence-electron chi connectivity index (χ1n) is 10.9. The fraction of sp³-hybridized carbons (Fsp3) is 0.478. The molecule has 0 aliphatic carbocycles. The van der Waals surface area contributed by atoms with Crippen molar-refractivity contribution in [3.63, 3.8) is 0 Å². The first-order valence-corrected chi connectivity index (χ1v) is 10.9. The van der Waals surface area contributed by atoms with Gasteiger partial charge in [-0.2, -0.15) is 5.26 Å². The van der Waals surface area contributed by atoms with E-state index in [0.29, 0.717) is 11.5 Å². The van der Waals surface area contributed by atoms with Crippen LogP contribution in [0.15, 0.2) is 24.3 Å². The lowest BCUT2D eigenvalue weighted by molar-refractivity contribution is 0.183. The Labute approximate surface area is 182 Å². The van der Waals surface area contributed by atoms with Crippen LogP contribution in [0.5, 0.6) is 0 Å². The average molecular weight is 418 g/mol. The lowest BCUT2D eigenvalue weighted by Gasteiger charge is -2.33. The van der Waals surface area contributed by atoms with E-state index in [1.807, 2.05) is 31.2 Å². The van der Waals surface area contributed by atoms with Crippen molar-refractivity contribution in [3.05, 3.63) is 35.7 Å². The maximum Gasteiger partial charge on any atom is 0.166 e. The average Bonchev–Trinajstić information content (AvgIpc) is 3.42. The highest BCUT2D eigenvalue weighted by Gasteiger charge is 2.26. The number of fused-ring (bicyclic) bond motifs is 1. The molecule has 31 heavy (non-hydrogen) atoms. The molecule has 0 N–H and O–H groups in total. The summed E-state index contributed by atoms with van der Waals surface area (Å²) < 4.78 is 7.81. The second kappa shape index (κ2) is 8.25. The van der Waals surface area contributed by atoms with Crippen LogP contribution in [0.25, 0.3) is 22.6 Å². The van der Waals surface area contributed by atoms with Gasteiger partial charge in [0.15, 0.2) is 17.0 Å². The van der Waals surface area contributed by atoms with E-state index in [-0.39, 0.29) is 0 Å². The number of imidazole rings is 1. The van der Waals surface area contributed by atoms with Crippen molar-refractivity contribution in [1.82, 2.24) is 24.4 Å². The molecule has 0 radical (unpaired) electrons. The summed E-state index contributed by atoms with van der Waals surface area (Å²) in [6.45, 7) is 8.06. The highest BCUT2D eigenvalue weighted by molar-refractivity contribution is 5.88. The Morgan fingerprint density at radius 3 is 2.68 bits per heavy atom. The van der Waals surface area contributed by atoms with Crippen LogP contribution in [0.1, 0.15) is 17.8 Å². The molecule has 0 amide bonds. The number of hydrogen-bond acceptors (Lipinski definition) is 7. The second-order valence-electron chi connectivity index (χ2n) is 8.49. The van der Waals surface area contributed by atoms with Crippen LogP contribution in [0, 0.1) is 24.2 Å². The zero-order valence-electron chi connectivity index (χ0n) is 18.1. The molecule has 2 fully saturated rings. The van der Waals surface area contributed by atoms with Gasteiger partial charge in [-0.1, -0.05) is 12.1 Å². The van der Waals surface area contributed by atoms with Crippen molar-refractivity contribution in [2.75, 3.05) is 51.3 Å². The highest BCUT2D eigenvalue weighted by Crippen LogP contribution is 2.32. The molecule has 1 unspecified atom stereocenters. The van der Waals surface area contributed by atoms with Gasteiger partial charge < -0.3 is 19.1 Å². The molecule has 0 spiro atoms. The van der Waals surface area contributed by atoms with Gasteiger partial charge in [0.1, 0.15) is 11.6 Å². The smallest absolute Gasteiger partial charge is 0.166 e. The Bertz CT molecular complexity index is 1130. The van der Waals surface area contributed by atoms with E-state index in [2.05, 4.69) is 27.5 Å². The lowest BCUT2D eigenvalue weighted by Crippen LogP contribution is -2.45. The first-order chi connectivity index (χ1) is 15.1. The SMILES string of the molecule is Cc1nc(N2CCN(C)CC2)c2nc(-c3ccccc3C#N)n(CC3CCOC3)c2n1. The number of nitriles is 1. The van der Waals surface area contributed by atoms with Gasteiger partial charge in [-0.25, -0.2) is 15.0 Å². The van der Waals surface area contributed by atoms with Crippen molar-refractivity contribution in [1.29, 1.82) is 5.26 Å². The van der Waals surface area contributed by atoms with E-state index >= 15 is 0 Å². The maximum atomic E-state index is 9.71. The monoisotopic (exact) mass is 417 g/mol. The van der Waals surface area contributed by atoms with E-state index in [0.717, 1.165) is 86.6 Å². The minimum atomic E-state index is 0.410. The zero-order chi connectivity index (χ0) is 21.4. The first kappa shape index (κ1) is 19.9. The fourth-order valence-electron chi connectivity index (χ4n) is 4.47. The molecule has 2 aromatic heterocycles. The molecule has 1 aromatic carbocycles. The van der Waals surface area contributed by atoms with E-state index in [1.54, 1.807) is 0 Å². The molecular weight excluding hydrogens is 390 g/mol. The van der Waals surface area contributed by atoms with Crippen LogP contribution in [0.4, 0.5) is 5.82 Å². The third kappa shape index (κ3) is 3.75. The number of benzene rings is 1. The molecule has 2 aliphatic heterocycles. The van der Waals surface area contributed by atoms with Crippen molar-refractivity contribution in [2.45, 2.75) is 19.9 Å². The van der Waals surface area contributed by atoms with Gasteiger partial charge in [0.05, 0.1) is 18.2 Å². The number of aromatic nitrogens is 4. The van der Waals surface area contributed by atoms with Crippen LogP contribution in [-0.2, 0) is 11.3 Å². The molecule has 2 saturated heterocycles. The molecule has 2 aliphatic rings. The third-order valence-electron chi connectivity index (χ3n) is 6.24. The molecule has 8 nitrogen and oxygen atoms in total. The molecule has 4 heterocycles. The van der Waals surface area contributed by atoms with Gasteiger partial charge in [-0.15, -0.1) is 0 Å². The number of anilines is 1. The van der Waals surface area contributed by atoms with Crippen molar-refractivity contribution >= 4 is 17.0 Å². The Morgan fingerprint density at radius 2 is 1.94 bits per heavy atom. The van der Waals surface area contributed by atoms with Crippen LogP contribution < -0.4 is 4.90 Å². The Hall–Kier alpha value is -3.02.